The van der Waals surface area contributed by atoms with Crippen LogP contribution >= 0.6 is 0 Å². The molecule has 1 heterocycles. The maximum atomic E-state index is 6.32. The molecular weight excluding hydrogens is 355 g/mol. The van der Waals surface area contributed by atoms with Crippen LogP contribution in [0, 0.1) is 6.92 Å². The van der Waals surface area contributed by atoms with Gasteiger partial charge in [0.15, 0.2) is 0 Å². The lowest BCUT2D eigenvalue weighted by Gasteiger charge is -2.25. The lowest BCUT2D eigenvalue weighted by molar-refractivity contribution is 0.0262. The van der Waals surface area contributed by atoms with E-state index in [-0.39, 0.29) is 5.41 Å². The van der Waals surface area contributed by atoms with Crippen LogP contribution in [0.4, 0.5) is 0 Å². The Labute approximate surface area is 173 Å². The first kappa shape index (κ1) is 18.8. The Bertz CT molecular complexity index is 1210. The maximum absolute atomic E-state index is 6.32. The van der Waals surface area contributed by atoms with E-state index in [0.717, 1.165) is 5.46 Å². The zero-order valence-electron chi connectivity index (χ0n) is 18.2. The van der Waals surface area contributed by atoms with Crippen molar-refractivity contribution in [3.63, 3.8) is 0 Å². The van der Waals surface area contributed by atoms with Gasteiger partial charge in [-0.3, -0.25) is 0 Å². The summed E-state index contributed by atoms with van der Waals surface area (Å²) in [5.41, 5.74) is 1.51. The van der Waals surface area contributed by atoms with Crippen molar-refractivity contribution in [3.05, 3.63) is 61.0 Å². The summed E-state index contributed by atoms with van der Waals surface area (Å²) in [5, 5.41) is 7.64. The maximum Gasteiger partial charge on any atom is 0.498 e. The smallest absolute Gasteiger partial charge is 0.395 e. The van der Waals surface area contributed by atoms with Gasteiger partial charge in [-0.25, -0.2) is 0 Å². The van der Waals surface area contributed by atoms with Crippen LogP contribution < -0.4 is 5.46 Å². The topological polar surface area (TPSA) is 18.5 Å². The molecule has 5 rings (SSSR count). The van der Waals surface area contributed by atoms with Crippen LogP contribution in [0.2, 0.25) is 0 Å². The third-order valence-electron chi connectivity index (χ3n) is 6.80. The van der Waals surface area contributed by atoms with Gasteiger partial charge in [-0.05, 0) is 62.6 Å². The Morgan fingerprint density at radius 2 is 1.38 bits per heavy atom. The number of hydrogen-bond acceptors (Lipinski definition) is 2. The molecule has 0 saturated carbocycles. The standard InChI is InChI=1S/C26H28BO2/c1-24(2,3)19-14-17-9-8-16-11-13-21(27-28-25(4,5)26(6,7)29-27)20-12-10-18(15-19)22(17)23(16)20/h8-15H,4H2,1-3,5-7H3/q+1. The first-order valence-electron chi connectivity index (χ1n) is 10.4. The van der Waals surface area contributed by atoms with E-state index in [1.807, 2.05) is 20.8 Å². The molecule has 4 aromatic carbocycles. The zero-order valence-corrected chi connectivity index (χ0v) is 18.2. The van der Waals surface area contributed by atoms with Gasteiger partial charge in [-0.15, -0.1) is 0 Å². The molecule has 0 radical (unpaired) electrons. The third-order valence-corrected chi connectivity index (χ3v) is 6.80. The molecule has 146 valence electrons. The van der Waals surface area contributed by atoms with Crippen LogP contribution in [0.1, 0.15) is 47.1 Å². The van der Waals surface area contributed by atoms with E-state index in [2.05, 4.69) is 76.2 Å². The van der Waals surface area contributed by atoms with Gasteiger partial charge >= 0.3 is 7.12 Å². The fraction of sp³-hybridized carbons (Fsp3) is 0.346. The van der Waals surface area contributed by atoms with E-state index in [1.54, 1.807) is 0 Å². The van der Waals surface area contributed by atoms with E-state index in [4.69, 9.17) is 9.31 Å². The highest BCUT2D eigenvalue weighted by Crippen LogP contribution is 2.40. The van der Waals surface area contributed by atoms with Gasteiger partial charge in [0.05, 0.1) is 6.92 Å². The summed E-state index contributed by atoms with van der Waals surface area (Å²) in [5.74, 6) is 0. The normalized spacial score (nSPS) is 22.3. The molecule has 1 aliphatic rings. The largest absolute Gasteiger partial charge is 0.498 e. The predicted octanol–water partition coefficient (Wildman–Crippen LogP) is 5.99. The van der Waals surface area contributed by atoms with Gasteiger partial charge in [0.1, 0.15) is 5.60 Å². The van der Waals surface area contributed by atoms with Gasteiger partial charge in [0, 0.05) is 6.92 Å². The average molecular weight is 383 g/mol. The number of hydrogen-bond donors (Lipinski definition) is 0. The van der Waals surface area contributed by atoms with Gasteiger partial charge in [-0.2, -0.15) is 0 Å². The second kappa shape index (κ2) is 5.68. The number of benzene rings is 4. The second-order valence-corrected chi connectivity index (χ2v) is 10.3. The minimum absolute atomic E-state index is 0.116. The molecule has 1 fully saturated rings. The molecular formula is C26H28BO2+. The van der Waals surface area contributed by atoms with Crippen LogP contribution in [0.25, 0.3) is 32.3 Å². The van der Waals surface area contributed by atoms with E-state index in [1.165, 1.54) is 37.9 Å². The molecule has 29 heavy (non-hydrogen) atoms. The van der Waals surface area contributed by atoms with Gasteiger partial charge in [0.25, 0.3) is 0 Å². The summed E-state index contributed by atoms with van der Waals surface area (Å²) in [4.78, 5) is 0. The van der Waals surface area contributed by atoms with Crippen LogP contribution in [0.5, 0.6) is 0 Å². The molecule has 0 spiro atoms. The SMILES string of the molecule is [CH2+]C1(C)OB(c2ccc3ccc4cc(C(C)(C)C)cc5ccc2c3c45)OC1(C)C. The van der Waals surface area contributed by atoms with Gasteiger partial charge in [-0.1, -0.05) is 69.3 Å². The van der Waals surface area contributed by atoms with E-state index < -0.39 is 18.3 Å². The van der Waals surface area contributed by atoms with Crippen molar-refractivity contribution in [3.8, 4) is 0 Å². The molecule has 0 amide bonds. The minimum atomic E-state index is -0.594. The predicted molar refractivity (Wildman–Crippen MR) is 124 cm³/mol. The molecule has 2 nitrogen and oxygen atoms in total. The summed E-state index contributed by atoms with van der Waals surface area (Å²) in [6.07, 6.45) is 0. The second-order valence-electron chi connectivity index (χ2n) is 10.3. The molecule has 0 bridgehead atoms. The lowest BCUT2D eigenvalue weighted by atomic mass is 9.74. The van der Waals surface area contributed by atoms with Crippen molar-refractivity contribution < 1.29 is 9.31 Å². The van der Waals surface area contributed by atoms with E-state index in [0.29, 0.717) is 0 Å². The summed E-state index contributed by atoms with van der Waals surface area (Å²) < 4.78 is 12.6. The van der Waals surface area contributed by atoms with Gasteiger partial charge < -0.3 is 9.31 Å². The fourth-order valence-electron chi connectivity index (χ4n) is 4.40. The van der Waals surface area contributed by atoms with Crippen molar-refractivity contribution in [1.29, 1.82) is 0 Å². The molecule has 0 aromatic heterocycles. The van der Waals surface area contributed by atoms with Crippen molar-refractivity contribution in [2.45, 2.75) is 58.2 Å². The number of rotatable bonds is 1. The van der Waals surface area contributed by atoms with Gasteiger partial charge in [0.2, 0.25) is 5.60 Å². The van der Waals surface area contributed by atoms with Crippen LogP contribution in [0.3, 0.4) is 0 Å². The minimum Gasteiger partial charge on any atom is -0.395 e. The highest BCUT2D eigenvalue weighted by Gasteiger charge is 2.57. The molecule has 1 saturated heterocycles. The Morgan fingerprint density at radius 1 is 0.793 bits per heavy atom. The zero-order chi connectivity index (χ0) is 20.8. The van der Waals surface area contributed by atoms with E-state index in [9.17, 15) is 0 Å². The van der Waals surface area contributed by atoms with Crippen LogP contribution in [0.15, 0.2) is 48.5 Å². The van der Waals surface area contributed by atoms with Crippen molar-refractivity contribution >= 4 is 44.9 Å². The first-order valence-corrected chi connectivity index (χ1v) is 10.4. The molecule has 1 atom stereocenters. The molecule has 0 N–H and O–H groups in total. The monoisotopic (exact) mass is 383 g/mol. The summed E-state index contributed by atoms with van der Waals surface area (Å²) in [6.45, 7) is 17.1. The molecule has 3 heteroatoms. The Kier molecular flexibility index (Phi) is 3.68. The third kappa shape index (κ3) is 2.68. The van der Waals surface area contributed by atoms with Crippen molar-refractivity contribution in [2.24, 2.45) is 0 Å². The van der Waals surface area contributed by atoms with Crippen molar-refractivity contribution in [1.82, 2.24) is 0 Å². The Hall–Kier alpha value is -2.23. The molecule has 4 aromatic rings. The van der Waals surface area contributed by atoms with Crippen LogP contribution in [-0.4, -0.2) is 18.3 Å². The highest BCUT2D eigenvalue weighted by atomic mass is 16.7. The highest BCUT2D eigenvalue weighted by molar-refractivity contribution is 6.65. The molecule has 1 unspecified atom stereocenters. The molecule has 0 aliphatic carbocycles. The average Bonchev–Trinajstić information content (AvgIpc) is 2.85. The summed E-state index contributed by atoms with van der Waals surface area (Å²) in [6, 6.07) is 18.0. The summed E-state index contributed by atoms with van der Waals surface area (Å²) >= 11 is 0. The summed E-state index contributed by atoms with van der Waals surface area (Å²) in [7, 11) is -0.415. The molecule has 1 aliphatic heterocycles. The first-order chi connectivity index (χ1) is 13.5. The quantitative estimate of drug-likeness (QED) is 0.228. The Balaban J connectivity index is 1.78. The Morgan fingerprint density at radius 3 is 1.97 bits per heavy atom. The van der Waals surface area contributed by atoms with Crippen molar-refractivity contribution in [2.75, 3.05) is 0 Å². The van der Waals surface area contributed by atoms with Crippen LogP contribution in [-0.2, 0) is 14.7 Å². The fourth-order valence-corrected chi connectivity index (χ4v) is 4.40. The lowest BCUT2D eigenvalue weighted by Crippen LogP contribution is -2.42. The van der Waals surface area contributed by atoms with E-state index >= 15 is 0 Å².